The van der Waals surface area contributed by atoms with Gasteiger partial charge in [0, 0.05) is 13.6 Å². The smallest absolute Gasteiger partial charge is 0.267 e. The van der Waals surface area contributed by atoms with Gasteiger partial charge >= 0.3 is 0 Å². The Morgan fingerprint density at radius 1 is 1.48 bits per heavy atom. The van der Waals surface area contributed by atoms with Crippen LogP contribution in [0.3, 0.4) is 0 Å². The van der Waals surface area contributed by atoms with Crippen molar-refractivity contribution in [1.82, 2.24) is 15.2 Å². The van der Waals surface area contributed by atoms with Crippen LogP contribution in [-0.4, -0.2) is 53.5 Å². The third-order valence-electron chi connectivity index (χ3n) is 3.81. The number of carbonyl (C=O) groups is 1. The molecule has 0 aromatic carbocycles. The summed E-state index contributed by atoms with van der Waals surface area (Å²) in [6, 6.07) is 3.63. The van der Waals surface area contributed by atoms with Crippen LogP contribution in [0.15, 0.2) is 30.1 Å². The van der Waals surface area contributed by atoms with Crippen molar-refractivity contribution in [3.63, 3.8) is 0 Å². The minimum absolute atomic E-state index is 0.245. The van der Waals surface area contributed by atoms with Gasteiger partial charge in [0.15, 0.2) is 0 Å². The van der Waals surface area contributed by atoms with E-state index in [1.165, 1.54) is 6.42 Å². The number of likely N-dealkylation sites (N-methyl/N-ethyl adjacent to an activating group) is 1. The molecule has 1 aliphatic heterocycles. The Labute approximate surface area is 154 Å². The number of ether oxygens (including phenoxy) is 1. The molecule has 1 aromatic heterocycles. The van der Waals surface area contributed by atoms with Gasteiger partial charge in [-0.3, -0.25) is 9.69 Å². The molecule has 0 saturated carbocycles. The Bertz CT molecular complexity index is 610. The maximum absolute atomic E-state index is 11.9. The number of aromatic nitrogens is 1. The van der Waals surface area contributed by atoms with Crippen LogP contribution >= 0.6 is 11.6 Å². The van der Waals surface area contributed by atoms with Crippen LogP contribution in [0, 0.1) is 0 Å². The number of halogens is 1. The number of carbonyl (C=O) groups excluding carboxylic acids is 1. The number of rotatable bonds is 8. The zero-order chi connectivity index (χ0) is 18.4. The van der Waals surface area contributed by atoms with Crippen molar-refractivity contribution in [1.29, 1.82) is 0 Å². The molecule has 0 spiro atoms. The molecule has 6 nitrogen and oxygen atoms in total. The average molecular weight is 367 g/mol. The van der Waals surface area contributed by atoms with Gasteiger partial charge in [-0.05, 0) is 58.5 Å². The zero-order valence-electron chi connectivity index (χ0n) is 15.3. The van der Waals surface area contributed by atoms with Crippen molar-refractivity contribution in [3.8, 4) is 5.75 Å². The number of hydrogen-bond donors (Lipinski definition) is 2. The number of nitrogens with one attached hydrogen (secondary N) is 2. The lowest BCUT2D eigenvalue weighted by Crippen LogP contribution is -2.48. The highest BCUT2D eigenvalue weighted by Gasteiger charge is 2.26. The van der Waals surface area contributed by atoms with Crippen molar-refractivity contribution >= 4 is 23.3 Å². The lowest BCUT2D eigenvalue weighted by Gasteiger charge is -2.38. The number of amides is 1. The molecule has 1 amide bonds. The summed E-state index contributed by atoms with van der Waals surface area (Å²) in [5.74, 6) is 1.01. The summed E-state index contributed by atoms with van der Waals surface area (Å²) in [5, 5.41) is 5.29. The van der Waals surface area contributed by atoms with Crippen LogP contribution in [0.4, 0.5) is 5.82 Å². The molecule has 1 saturated heterocycles. The number of anilines is 1. The van der Waals surface area contributed by atoms with Gasteiger partial charge in [-0.2, -0.15) is 0 Å². The maximum atomic E-state index is 11.9. The van der Waals surface area contributed by atoms with Crippen molar-refractivity contribution in [2.24, 2.45) is 0 Å². The minimum atomic E-state index is -0.280. The van der Waals surface area contributed by atoms with Crippen LogP contribution < -0.4 is 15.4 Å². The SMILES string of the molecule is CNC(=O)/C(=C\C(C)Cl)Nc1ccc(OC(C)(C)CN2CCC2)cn1. The fraction of sp³-hybridized carbons (Fsp3) is 0.556. The molecule has 0 aliphatic carbocycles. The second-order valence-electron chi connectivity index (χ2n) is 6.83. The normalized spacial score (nSPS) is 16.8. The van der Waals surface area contributed by atoms with Crippen LogP contribution in [-0.2, 0) is 4.79 Å². The largest absolute Gasteiger partial charge is 0.485 e. The van der Waals surface area contributed by atoms with Gasteiger partial charge in [0.2, 0.25) is 0 Å². The highest BCUT2D eigenvalue weighted by molar-refractivity contribution is 6.22. The quantitative estimate of drug-likeness (QED) is 0.547. The number of likely N-dealkylation sites (tertiary alicyclic amines) is 1. The fourth-order valence-corrected chi connectivity index (χ4v) is 2.75. The molecule has 2 N–H and O–H groups in total. The first-order chi connectivity index (χ1) is 11.8. The predicted octanol–water partition coefficient (Wildman–Crippen LogP) is 2.61. The molecule has 1 fully saturated rings. The van der Waals surface area contributed by atoms with Gasteiger partial charge in [0.25, 0.3) is 5.91 Å². The van der Waals surface area contributed by atoms with Crippen LogP contribution in [0.2, 0.25) is 0 Å². The summed E-state index contributed by atoms with van der Waals surface area (Å²) in [5.41, 5.74) is 0.0856. The lowest BCUT2D eigenvalue weighted by atomic mass is 10.1. The van der Waals surface area contributed by atoms with Crippen LogP contribution in [0.5, 0.6) is 5.75 Å². The summed E-state index contributed by atoms with van der Waals surface area (Å²) >= 11 is 5.96. The summed E-state index contributed by atoms with van der Waals surface area (Å²) in [6.45, 7) is 9.11. The van der Waals surface area contributed by atoms with E-state index in [0.29, 0.717) is 17.3 Å². The Kier molecular flexibility index (Phi) is 6.67. The summed E-state index contributed by atoms with van der Waals surface area (Å²) in [6.07, 6.45) is 4.56. The first-order valence-electron chi connectivity index (χ1n) is 8.51. The van der Waals surface area contributed by atoms with E-state index in [2.05, 4.69) is 34.4 Å². The highest BCUT2D eigenvalue weighted by Crippen LogP contribution is 2.22. The van der Waals surface area contributed by atoms with Crippen LogP contribution in [0.25, 0.3) is 0 Å². The number of nitrogens with zero attached hydrogens (tertiary/aromatic N) is 2. The third kappa shape index (κ3) is 6.21. The van der Waals surface area contributed by atoms with E-state index >= 15 is 0 Å². The average Bonchev–Trinajstić information content (AvgIpc) is 2.51. The molecule has 2 heterocycles. The van der Waals surface area contributed by atoms with Gasteiger partial charge in [-0.15, -0.1) is 11.6 Å². The molecule has 1 aliphatic rings. The van der Waals surface area contributed by atoms with E-state index in [1.807, 2.05) is 6.07 Å². The molecule has 2 rings (SSSR count). The Hall–Kier alpha value is -1.79. The number of pyridine rings is 1. The van der Waals surface area contributed by atoms with Crippen molar-refractivity contribution in [3.05, 3.63) is 30.1 Å². The molecule has 138 valence electrons. The first-order valence-corrected chi connectivity index (χ1v) is 8.95. The molecule has 1 unspecified atom stereocenters. The number of hydrogen-bond acceptors (Lipinski definition) is 5. The first kappa shape index (κ1) is 19.5. The monoisotopic (exact) mass is 366 g/mol. The number of alkyl halides is 1. The van der Waals surface area contributed by atoms with E-state index in [0.717, 1.165) is 19.6 Å². The summed E-state index contributed by atoms with van der Waals surface area (Å²) in [4.78, 5) is 18.6. The highest BCUT2D eigenvalue weighted by atomic mass is 35.5. The zero-order valence-corrected chi connectivity index (χ0v) is 16.1. The molecular weight excluding hydrogens is 340 g/mol. The Morgan fingerprint density at radius 2 is 2.20 bits per heavy atom. The maximum Gasteiger partial charge on any atom is 0.267 e. The second kappa shape index (κ2) is 8.54. The van der Waals surface area contributed by atoms with Gasteiger partial charge < -0.3 is 15.4 Å². The van der Waals surface area contributed by atoms with Crippen molar-refractivity contribution in [2.75, 3.05) is 32.0 Å². The summed E-state index contributed by atoms with van der Waals surface area (Å²) < 4.78 is 6.05. The molecule has 7 heteroatoms. The fourth-order valence-electron chi connectivity index (χ4n) is 2.62. The minimum Gasteiger partial charge on any atom is -0.485 e. The van der Waals surface area contributed by atoms with E-state index in [-0.39, 0.29) is 16.9 Å². The molecule has 25 heavy (non-hydrogen) atoms. The van der Waals surface area contributed by atoms with Crippen LogP contribution in [0.1, 0.15) is 27.2 Å². The molecule has 0 bridgehead atoms. The summed E-state index contributed by atoms with van der Waals surface area (Å²) in [7, 11) is 1.57. The Morgan fingerprint density at radius 3 is 2.68 bits per heavy atom. The topological polar surface area (TPSA) is 66.5 Å². The molecule has 0 radical (unpaired) electrons. The van der Waals surface area contributed by atoms with Gasteiger partial charge in [0.05, 0.1) is 11.6 Å². The Balaban J connectivity index is 1.99. The van der Waals surface area contributed by atoms with Gasteiger partial charge in [0.1, 0.15) is 22.9 Å². The van der Waals surface area contributed by atoms with E-state index in [1.54, 1.807) is 32.3 Å². The predicted molar refractivity (Wildman–Crippen MR) is 101 cm³/mol. The van der Waals surface area contributed by atoms with Gasteiger partial charge in [-0.1, -0.05) is 0 Å². The lowest BCUT2D eigenvalue weighted by molar-refractivity contribution is -0.116. The second-order valence-corrected chi connectivity index (χ2v) is 7.52. The van der Waals surface area contributed by atoms with Gasteiger partial charge in [-0.25, -0.2) is 4.98 Å². The van der Waals surface area contributed by atoms with Crippen molar-refractivity contribution in [2.45, 2.75) is 38.2 Å². The van der Waals surface area contributed by atoms with E-state index < -0.39 is 0 Å². The number of allylic oxidation sites excluding steroid dienone is 1. The molecule has 1 aromatic rings. The third-order valence-corrected chi connectivity index (χ3v) is 3.94. The van der Waals surface area contributed by atoms with Crippen molar-refractivity contribution < 1.29 is 9.53 Å². The molecule has 1 atom stereocenters. The molecular formula is C18H27ClN4O2. The van der Waals surface area contributed by atoms with E-state index in [4.69, 9.17) is 16.3 Å². The van der Waals surface area contributed by atoms with E-state index in [9.17, 15) is 4.79 Å². The standard InChI is InChI=1S/C18H27ClN4O2/c1-13(19)10-15(17(24)20-4)22-16-7-6-14(11-21-16)25-18(2,3)12-23-8-5-9-23/h6-7,10-11,13H,5,8-9,12H2,1-4H3,(H,20,24)(H,21,22)/b15-10+.